The van der Waals surface area contributed by atoms with Crippen LogP contribution in [-0.2, 0) is 9.59 Å². The lowest BCUT2D eigenvalue weighted by atomic mass is 10.0. The predicted molar refractivity (Wildman–Crippen MR) is 109 cm³/mol. The standard InChI is InChI=1S/C22H27N3O3/c1-3-23-21(26)14-24(4-2)15-22(27)25-18-12-8-9-13-20(18)28-16-19(25)17-10-6-5-7-11-17/h5-13,19H,3-4,14-16H2,1-2H3,(H,23,26)/p+1/t19-/m0/s1. The highest BCUT2D eigenvalue weighted by atomic mass is 16.5. The molecular weight excluding hydrogens is 354 g/mol. The van der Waals surface area contributed by atoms with E-state index < -0.39 is 0 Å². The van der Waals surface area contributed by atoms with Crippen LogP contribution in [0, 0.1) is 0 Å². The molecule has 0 saturated heterocycles. The highest BCUT2D eigenvalue weighted by Crippen LogP contribution is 2.39. The zero-order chi connectivity index (χ0) is 19.9. The number of amides is 2. The van der Waals surface area contributed by atoms with Crippen molar-refractivity contribution in [2.45, 2.75) is 19.9 Å². The van der Waals surface area contributed by atoms with E-state index in [-0.39, 0.29) is 30.9 Å². The van der Waals surface area contributed by atoms with E-state index in [1.54, 1.807) is 0 Å². The second-order valence-electron chi connectivity index (χ2n) is 6.88. The van der Waals surface area contributed by atoms with E-state index >= 15 is 0 Å². The third-order valence-corrected chi connectivity index (χ3v) is 4.97. The molecule has 148 valence electrons. The minimum atomic E-state index is -0.189. The SMILES string of the molecule is CCNC(=O)C[NH+](CC)CC(=O)N1c2ccccc2OC[C@H]1c1ccccc1. The van der Waals surface area contributed by atoms with Gasteiger partial charge >= 0.3 is 0 Å². The number of quaternary nitrogens is 1. The molecule has 28 heavy (non-hydrogen) atoms. The molecule has 0 aromatic heterocycles. The van der Waals surface area contributed by atoms with Crippen LogP contribution in [0.25, 0.3) is 0 Å². The maximum absolute atomic E-state index is 13.4. The van der Waals surface area contributed by atoms with Gasteiger partial charge in [0.05, 0.1) is 18.3 Å². The molecule has 1 unspecified atom stereocenters. The number of fused-ring (bicyclic) bond motifs is 1. The van der Waals surface area contributed by atoms with Crippen LogP contribution in [0.2, 0.25) is 0 Å². The van der Waals surface area contributed by atoms with Gasteiger partial charge in [0.25, 0.3) is 11.8 Å². The van der Waals surface area contributed by atoms with Gasteiger partial charge in [-0.2, -0.15) is 0 Å². The predicted octanol–water partition coefficient (Wildman–Crippen LogP) is 1.19. The smallest absolute Gasteiger partial charge is 0.282 e. The Morgan fingerprint density at radius 2 is 1.79 bits per heavy atom. The number of nitrogens with one attached hydrogen (secondary N) is 2. The molecule has 1 aliphatic heterocycles. The minimum Gasteiger partial charge on any atom is -0.489 e. The number of para-hydroxylation sites is 2. The average molecular weight is 382 g/mol. The van der Waals surface area contributed by atoms with Gasteiger partial charge < -0.3 is 15.0 Å². The molecule has 1 heterocycles. The van der Waals surface area contributed by atoms with E-state index in [4.69, 9.17) is 4.74 Å². The van der Waals surface area contributed by atoms with Crippen molar-refractivity contribution in [1.29, 1.82) is 0 Å². The van der Waals surface area contributed by atoms with Gasteiger partial charge in [-0.1, -0.05) is 42.5 Å². The van der Waals surface area contributed by atoms with Crippen molar-refractivity contribution in [3.63, 3.8) is 0 Å². The van der Waals surface area contributed by atoms with Crippen LogP contribution in [0.5, 0.6) is 5.75 Å². The monoisotopic (exact) mass is 382 g/mol. The second-order valence-corrected chi connectivity index (χ2v) is 6.88. The van der Waals surface area contributed by atoms with Crippen molar-refractivity contribution in [2.75, 3.05) is 37.7 Å². The van der Waals surface area contributed by atoms with E-state index in [1.807, 2.05) is 73.3 Å². The first-order chi connectivity index (χ1) is 13.6. The molecule has 6 nitrogen and oxygen atoms in total. The van der Waals surface area contributed by atoms with Crippen molar-refractivity contribution < 1.29 is 19.2 Å². The first-order valence-corrected chi connectivity index (χ1v) is 9.83. The van der Waals surface area contributed by atoms with Crippen molar-refractivity contribution in [3.8, 4) is 5.75 Å². The Hall–Kier alpha value is -2.86. The zero-order valence-corrected chi connectivity index (χ0v) is 16.5. The van der Waals surface area contributed by atoms with Crippen molar-refractivity contribution in [2.24, 2.45) is 0 Å². The molecule has 0 saturated carbocycles. The Morgan fingerprint density at radius 3 is 2.50 bits per heavy atom. The van der Waals surface area contributed by atoms with Crippen LogP contribution in [0.15, 0.2) is 54.6 Å². The van der Waals surface area contributed by atoms with Crippen LogP contribution in [-0.4, -0.2) is 44.6 Å². The van der Waals surface area contributed by atoms with Crippen LogP contribution in [0.4, 0.5) is 5.69 Å². The van der Waals surface area contributed by atoms with E-state index in [2.05, 4.69) is 5.32 Å². The summed E-state index contributed by atoms with van der Waals surface area (Å²) in [4.78, 5) is 28.1. The van der Waals surface area contributed by atoms with Gasteiger partial charge in [0.1, 0.15) is 12.4 Å². The molecule has 2 atom stereocenters. The molecule has 3 rings (SSSR count). The molecular formula is C22H28N3O3+. The number of nitrogens with zero attached hydrogens (tertiary/aromatic N) is 1. The summed E-state index contributed by atoms with van der Waals surface area (Å²) in [6.45, 7) is 6.13. The number of hydrogen-bond donors (Lipinski definition) is 2. The third-order valence-electron chi connectivity index (χ3n) is 4.97. The van der Waals surface area contributed by atoms with E-state index in [0.29, 0.717) is 25.4 Å². The fraction of sp³-hybridized carbons (Fsp3) is 0.364. The lowest BCUT2D eigenvalue weighted by molar-refractivity contribution is -0.881. The summed E-state index contributed by atoms with van der Waals surface area (Å²) in [5.41, 5.74) is 1.81. The van der Waals surface area contributed by atoms with Crippen molar-refractivity contribution in [3.05, 3.63) is 60.2 Å². The molecule has 2 N–H and O–H groups in total. The second kappa shape index (κ2) is 9.37. The number of ether oxygens (including phenoxy) is 1. The lowest BCUT2D eigenvalue weighted by Gasteiger charge is -2.37. The molecule has 0 spiro atoms. The number of likely N-dealkylation sites (N-methyl/N-ethyl adjacent to an activating group) is 2. The van der Waals surface area contributed by atoms with E-state index in [9.17, 15) is 9.59 Å². The van der Waals surface area contributed by atoms with Crippen LogP contribution in [0.1, 0.15) is 25.5 Å². The summed E-state index contributed by atoms with van der Waals surface area (Å²) in [6, 6.07) is 17.4. The normalized spacial score (nSPS) is 16.6. The van der Waals surface area contributed by atoms with Crippen molar-refractivity contribution >= 4 is 17.5 Å². The first-order valence-electron chi connectivity index (χ1n) is 9.83. The van der Waals surface area contributed by atoms with Gasteiger partial charge in [-0.15, -0.1) is 0 Å². The molecule has 2 aromatic carbocycles. The summed E-state index contributed by atoms with van der Waals surface area (Å²) in [6.07, 6.45) is 0. The highest BCUT2D eigenvalue weighted by molar-refractivity contribution is 5.97. The van der Waals surface area contributed by atoms with Crippen LogP contribution < -0.4 is 19.9 Å². The van der Waals surface area contributed by atoms with Gasteiger partial charge in [0.15, 0.2) is 13.1 Å². The van der Waals surface area contributed by atoms with Crippen LogP contribution >= 0.6 is 0 Å². The Balaban J connectivity index is 1.85. The molecule has 0 aliphatic carbocycles. The lowest BCUT2D eigenvalue weighted by Crippen LogP contribution is -3.14. The first kappa shape index (κ1) is 19.9. The quantitative estimate of drug-likeness (QED) is 0.756. The van der Waals surface area contributed by atoms with Gasteiger partial charge in [-0.3, -0.25) is 14.5 Å². The number of carbonyl (C=O) groups is 2. The van der Waals surface area contributed by atoms with Gasteiger partial charge in [0, 0.05) is 6.54 Å². The van der Waals surface area contributed by atoms with Gasteiger partial charge in [0.2, 0.25) is 0 Å². The van der Waals surface area contributed by atoms with Crippen LogP contribution in [0.3, 0.4) is 0 Å². The number of benzene rings is 2. The largest absolute Gasteiger partial charge is 0.489 e. The summed E-state index contributed by atoms with van der Waals surface area (Å²) >= 11 is 0. The Morgan fingerprint density at radius 1 is 1.07 bits per heavy atom. The zero-order valence-electron chi connectivity index (χ0n) is 16.5. The maximum atomic E-state index is 13.4. The summed E-state index contributed by atoms with van der Waals surface area (Å²) < 4.78 is 5.93. The molecule has 2 aromatic rings. The maximum Gasteiger partial charge on any atom is 0.282 e. The Labute approximate surface area is 166 Å². The fourth-order valence-corrected chi connectivity index (χ4v) is 3.52. The average Bonchev–Trinajstić information content (AvgIpc) is 2.73. The molecule has 2 amide bonds. The third kappa shape index (κ3) is 4.51. The topological polar surface area (TPSA) is 63.1 Å². The number of carbonyl (C=O) groups excluding carboxylic acids is 2. The van der Waals surface area contributed by atoms with Gasteiger partial charge in [-0.25, -0.2) is 0 Å². The van der Waals surface area contributed by atoms with Crippen molar-refractivity contribution in [1.82, 2.24) is 5.32 Å². The number of rotatable bonds is 7. The molecule has 0 fully saturated rings. The molecule has 0 radical (unpaired) electrons. The number of anilines is 1. The fourth-order valence-electron chi connectivity index (χ4n) is 3.52. The van der Waals surface area contributed by atoms with Gasteiger partial charge in [-0.05, 0) is 31.5 Å². The molecule has 6 heteroatoms. The Bertz CT molecular complexity index is 810. The van der Waals surface area contributed by atoms with E-state index in [0.717, 1.165) is 16.2 Å². The molecule has 0 bridgehead atoms. The summed E-state index contributed by atoms with van der Waals surface area (Å²) in [5, 5.41) is 2.81. The summed E-state index contributed by atoms with van der Waals surface area (Å²) in [7, 11) is 0. The minimum absolute atomic E-state index is 0.00856. The van der Waals surface area contributed by atoms with E-state index in [1.165, 1.54) is 0 Å². The Kier molecular flexibility index (Phi) is 6.66. The highest BCUT2D eigenvalue weighted by Gasteiger charge is 2.35. The molecule has 1 aliphatic rings. The summed E-state index contributed by atoms with van der Waals surface area (Å²) in [5.74, 6) is 0.671. The number of hydrogen-bond acceptors (Lipinski definition) is 3.